The predicted octanol–water partition coefficient (Wildman–Crippen LogP) is 2.80. The number of benzene rings is 1. The van der Waals surface area contributed by atoms with Crippen LogP contribution in [0.25, 0.3) is 0 Å². The van der Waals surface area contributed by atoms with Crippen molar-refractivity contribution in [3.05, 3.63) is 29.3 Å². The lowest BCUT2D eigenvalue weighted by molar-refractivity contribution is 0.113. The van der Waals surface area contributed by atoms with Crippen molar-refractivity contribution in [1.82, 2.24) is 10.2 Å². The van der Waals surface area contributed by atoms with Crippen LogP contribution in [0.3, 0.4) is 0 Å². The summed E-state index contributed by atoms with van der Waals surface area (Å²) in [7, 11) is 1.87. The summed E-state index contributed by atoms with van der Waals surface area (Å²) < 4.78 is 5.69. The van der Waals surface area contributed by atoms with Crippen LogP contribution < -0.4 is 10.2 Å². The molecule has 2 fully saturated rings. The van der Waals surface area contributed by atoms with E-state index in [0.717, 1.165) is 51.7 Å². The lowest BCUT2D eigenvalue weighted by Crippen LogP contribution is -2.53. The van der Waals surface area contributed by atoms with Gasteiger partial charge in [0.1, 0.15) is 0 Å². The van der Waals surface area contributed by atoms with E-state index in [1.54, 1.807) is 0 Å². The first-order valence-corrected chi connectivity index (χ1v) is 9.07. The van der Waals surface area contributed by atoms with Crippen molar-refractivity contribution in [2.24, 2.45) is 4.99 Å². The molecule has 2 heterocycles. The highest BCUT2D eigenvalue weighted by atomic mass is 127. The minimum Gasteiger partial charge on any atom is -0.376 e. The molecule has 2 saturated heterocycles. The molecule has 25 heavy (non-hydrogen) atoms. The van der Waals surface area contributed by atoms with Crippen LogP contribution in [0.1, 0.15) is 24.0 Å². The van der Waals surface area contributed by atoms with Gasteiger partial charge in [-0.05, 0) is 43.9 Å². The molecule has 0 aliphatic carbocycles. The summed E-state index contributed by atoms with van der Waals surface area (Å²) in [5.74, 6) is 1.01. The van der Waals surface area contributed by atoms with E-state index in [1.165, 1.54) is 23.2 Å². The van der Waals surface area contributed by atoms with Gasteiger partial charge in [0.25, 0.3) is 0 Å². The van der Waals surface area contributed by atoms with E-state index in [9.17, 15) is 0 Å². The molecule has 0 bridgehead atoms. The Morgan fingerprint density at radius 2 is 2.00 bits per heavy atom. The third-order valence-electron chi connectivity index (χ3n) is 5.22. The van der Waals surface area contributed by atoms with E-state index in [-0.39, 0.29) is 24.0 Å². The highest BCUT2D eigenvalue weighted by Gasteiger charge is 2.22. The van der Waals surface area contributed by atoms with Crippen LogP contribution in [-0.4, -0.2) is 63.3 Å². The molecule has 3 rings (SSSR count). The molecule has 140 valence electrons. The predicted molar refractivity (Wildman–Crippen MR) is 115 cm³/mol. The molecule has 5 nitrogen and oxygen atoms in total. The second-order valence-electron chi connectivity index (χ2n) is 6.76. The number of rotatable bonds is 3. The van der Waals surface area contributed by atoms with E-state index in [1.807, 2.05) is 7.05 Å². The fourth-order valence-corrected chi connectivity index (χ4v) is 3.58. The number of aliphatic imine (C=N–C) groups is 1. The molecule has 1 atom stereocenters. The van der Waals surface area contributed by atoms with Gasteiger partial charge in [-0.25, -0.2) is 0 Å². The Kier molecular flexibility index (Phi) is 7.81. The van der Waals surface area contributed by atoms with Crippen LogP contribution in [0.4, 0.5) is 5.69 Å². The van der Waals surface area contributed by atoms with Gasteiger partial charge < -0.3 is 19.9 Å². The van der Waals surface area contributed by atoms with Crippen LogP contribution in [0, 0.1) is 13.8 Å². The highest BCUT2D eigenvalue weighted by molar-refractivity contribution is 14.0. The molecule has 2 aliphatic heterocycles. The van der Waals surface area contributed by atoms with Crippen molar-refractivity contribution >= 4 is 35.6 Å². The summed E-state index contributed by atoms with van der Waals surface area (Å²) in [6, 6.07) is 6.58. The first-order valence-electron chi connectivity index (χ1n) is 9.07. The van der Waals surface area contributed by atoms with E-state index in [2.05, 4.69) is 52.2 Å². The average Bonchev–Trinajstić information content (AvgIpc) is 3.12. The van der Waals surface area contributed by atoms with Crippen LogP contribution >= 0.6 is 24.0 Å². The molecular formula is C19H31IN4O. The van der Waals surface area contributed by atoms with Crippen LogP contribution in [-0.2, 0) is 4.74 Å². The minimum absolute atomic E-state index is 0. The van der Waals surface area contributed by atoms with E-state index >= 15 is 0 Å². The summed E-state index contributed by atoms with van der Waals surface area (Å²) in [5.41, 5.74) is 4.13. The first kappa shape index (κ1) is 20.3. The van der Waals surface area contributed by atoms with Gasteiger partial charge in [0.05, 0.1) is 6.10 Å². The summed E-state index contributed by atoms with van der Waals surface area (Å²) in [4.78, 5) is 9.31. The third-order valence-corrected chi connectivity index (χ3v) is 5.22. The zero-order valence-electron chi connectivity index (χ0n) is 15.6. The second kappa shape index (κ2) is 9.62. The standard InChI is InChI=1S/C19H30N4O.HI/c1-15-6-4-8-18(16(15)2)22-9-11-23(12-10-22)19(20-3)21-14-17-7-5-13-24-17;/h4,6,8,17H,5,7,9-14H2,1-3H3,(H,20,21);1H. The van der Waals surface area contributed by atoms with E-state index in [4.69, 9.17) is 4.74 Å². The Bertz CT molecular complexity index is 579. The molecule has 0 aromatic heterocycles. The number of halogens is 1. The van der Waals surface area contributed by atoms with Crippen molar-refractivity contribution in [2.75, 3.05) is 51.3 Å². The molecule has 6 heteroatoms. The minimum atomic E-state index is 0. The second-order valence-corrected chi connectivity index (χ2v) is 6.76. The number of hydrogen-bond acceptors (Lipinski definition) is 3. The normalized spacial score (nSPS) is 21.2. The molecule has 0 radical (unpaired) electrons. The van der Waals surface area contributed by atoms with Crippen molar-refractivity contribution < 1.29 is 4.74 Å². The molecule has 1 aromatic carbocycles. The van der Waals surface area contributed by atoms with Gasteiger partial charge >= 0.3 is 0 Å². The molecule has 1 unspecified atom stereocenters. The SMILES string of the molecule is CN=C(NCC1CCCO1)N1CCN(c2cccc(C)c2C)CC1.I. The number of anilines is 1. The van der Waals surface area contributed by atoms with Gasteiger partial charge in [-0.15, -0.1) is 24.0 Å². The number of guanidine groups is 1. The van der Waals surface area contributed by atoms with Gasteiger partial charge in [-0.2, -0.15) is 0 Å². The highest BCUT2D eigenvalue weighted by Crippen LogP contribution is 2.23. The van der Waals surface area contributed by atoms with Crippen molar-refractivity contribution in [3.8, 4) is 0 Å². The molecule has 0 saturated carbocycles. The lowest BCUT2D eigenvalue weighted by atomic mass is 10.1. The van der Waals surface area contributed by atoms with Crippen LogP contribution in [0.15, 0.2) is 23.2 Å². The maximum absolute atomic E-state index is 5.69. The van der Waals surface area contributed by atoms with Crippen LogP contribution in [0.5, 0.6) is 0 Å². The largest absolute Gasteiger partial charge is 0.376 e. The number of aryl methyl sites for hydroxylation is 1. The smallest absolute Gasteiger partial charge is 0.193 e. The molecule has 2 aliphatic rings. The number of nitrogens with one attached hydrogen (secondary N) is 1. The Balaban J connectivity index is 0.00000225. The molecule has 1 N–H and O–H groups in total. The fourth-order valence-electron chi connectivity index (χ4n) is 3.58. The van der Waals surface area contributed by atoms with Gasteiger partial charge in [0, 0.05) is 52.1 Å². The number of ether oxygens (including phenoxy) is 1. The quantitative estimate of drug-likeness (QED) is 0.430. The maximum atomic E-state index is 5.69. The van der Waals surface area contributed by atoms with Crippen molar-refractivity contribution in [3.63, 3.8) is 0 Å². The molecular weight excluding hydrogens is 427 g/mol. The van der Waals surface area contributed by atoms with Gasteiger partial charge in [-0.1, -0.05) is 12.1 Å². The Hall–Kier alpha value is -1.02. The zero-order chi connectivity index (χ0) is 16.9. The van der Waals surface area contributed by atoms with Gasteiger partial charge in [0.15, 0.2) is 5.96 Å². The van der Waals surface area contributed by atoms with Crippen molar-refractivity contribution in [1.29, 1.82) is 0 Å². The van der Waals surface area contributed by atoms with Crippen LogP contribution in [0.2, 0.25) is 0 Å². The zero-order valence-corrected chi connectivity index (χ0v) is 18.0. The first-order chi connectivity index (χ1) is 11.7. The molecule has 0 amide bonds. The topological polar surface area (TPSA) is 40.1 Å². The Morgan fingerprint density at radius 1 is 1.24 bits per heavy atom. The number of hydrogen-bond donors (Lipinski definition) is 1. The monoisotopic (exact) mass is 458 g/mol. The van der Waals surface area contributed by atoms with Gasteiger partial charge in [-0.3, -0.25) is 4.99 Å². The Labute approximate surface area is 168 Å². The molecule has 1 aromatic rings. The molecule has 0 spiro atoms. The van der Waals surface area contributed by atoms with E-state index < -0.39 is 0 Å². The van der Waals surface area contributed by atoms with Crippen molar-refractivity contribution in [2.45, 2.75) is 32.8 Å². The average molecular weight is 458 g/mol. The summed E-state index contributed by atoms with van der Waals surface area (Å²) >= 11 is 0. The number of piperazine rings is 1. The maximum Gasteiger partial charge on any atom is 0.193 e. The lowest BCUT2D eigenvalue weighted by Gasteiger charge is -2.38. The van der Waals surface area contributed by atoms with E-state index in [0.29, 0.717) is 6.10 Å². The summed E-state index contributed by atoms with van der Waals surface area (Å²) in [5, 5.41) is 3.49. The Morgan fingerprint density at radius 3 is 2.64 bits per heavy atom. The summed E-state index contributed by atoms with van der Waals surface area (Å²) in [6.45, 7) is 10.2. The third kappa shape index (κ3) is 5.00. The number of nitrogens with zero attached hydrogens (tertiary/aromatic N) is 3. The summed E-state index contributed by atoms with van der Waals surface area (Å²) in [6.07, 6.45) is 2.68. The van der Waals surface area contributed by atoms with Gasteiger partial charge in [0.2, 0.25) is 0 Å². The fraction of sp³-hybridized carbons (Fsp3) is 0.632.